The van der Waals surface area contributed by atoms with Gasteiger partial charge in [0.05, 0.1) is 11.0 Å². The van der Waals surface area contributed by atoms with Gasteiger partial charge in [-0.05, 0) is 55.2 Å². The van der Waals surface area contributed by atoms with Crippen molar-refractivity contribution in [1.82, 2.24) is 15.3 Å². The summed E-state index contributed by atoms with van der Waals surface area (Å²) >= 11 is 0. The minimum Gasteiger partial charge on any atom is -0.356 e. The summed E-state index contributed by atoms with van der Waals surface area (Å²) in [5, 5.41) is 2.97. The average Bonchev–Trinajstić information content (AvgIpc) is 2.96. The van der Waals surface area contributed by atoms with Gasteiger partial charge in [-0.15, -0.1) is 0 Å². The third-order valence-electron chi connectivity index (χ3n) is 5.60. The van der Waals surface area contributed by atoms with Gasteiger partial charge in [0.25, 0.3) is 0 Å². The highest BCUT2D eigenvalue weighted by molar-refractivity contribution is 5.75. The Labute approximate surface area is 154 Å². The lowest BCUT2D eigenvalue weighted by molar-refractivity contribution is -0.119. The van der Waals surface area contributed by atoms with Crippen LogP contribution in [0.15, 0.2) is 29.8 Å². The molecular formula is C21H28FN3O. The van der Waals surface area contributed by atoms with Gasteiger partial charge in [-0.25, -0.2) is 9.37 Å². The Hall–Kier alpha value is -2.17. The number of nitrogens with one attached hydrogen (secondary N) is 2. The molecule has 140 valence electrons. The molecule has 2 aromatic rings. The number of aromatic amines is 1. The first-order valence-electron chi connectivity index (χ1n) is 9.40. The minimum atomic E-state index is -0.248. The van der Waals surface area contributed by atoms with Gasteiger partial charge in [-0.1, -0.05) is 25.5 Å². The molecule has 3 atom stereocenters. The maximum Gasteiger partial charge on any atom is 0.216 e. The highest BCUT2D eigenvalue weighted by atomic mass is 19.1. The van der Waals surface area contributed by atoms with E-state index in [0.717, 1.165) is 29.7 Å². The van der Waals surface area contributed by atoms with Gasteiger partial charge in [0.15, 0.2) is 0 Å². The molecule has 1 amide bonds. The summed E-state index contributed by atoms with van der Waals surface area (Å²) in [7, 11) is 0. The second-order valence-corrected chi connectivity index (χ2v) is 7.90. The van der Waals surface area contributed by atoms with Crippen molar-refractivity contribution in [3.8, 4) is 0 Å². The number of carbonyl (C=O) groups excluding carboxylic acids is 1. The van der Waals surface area contributed by atoms with Crippen LogP contribution in [0.4, 0.5) is 4.39 Å². The van der Waals surface area contributed by atoms with Crippen molar-refractivity contribution in [2.75, 3.05) is 6.54 Å². The molecule has 1 heterocycles. The molecule has 1 aliphatic rings. The van der Waals surface area contributed by atoms with Crippen LogP contribution >= 0.6 is 0 Å². The molecule has 0 bridgehead atoms. The molecule has 0 unspecified atom stereocenters. The number of hydrogen-bond acceptors (Lipinski definition) is 2. The van der Waals surface area contributed by atoms with Crippen molar-refractivity contribution in [3.63, 3.8) is 0 Å². The fourth-order valence-corrected chi connectivity index (χ4v) is 4.13. The molecular weight excluding hydrogens is 329 g/mol. The van der Waals surface area contributed by atoms with E-state index in [1.54, 1.807) is 13.0 Å². The SMILES string of the molecule is CC(=O)NC[C@@H]1C=C(C)[C@H](Cc2nc3ccc(F)cc3[nH]2)C[C@H]1C(C)C. The summed E-state index contributed by atoms with van der Waals surface area (Å²) in [5.74, 6) is 2.55. The van der Waals surface area contributed by atoms with Crippen molar-refractivity contribution >= 4 is 16.9 Å². The van der Waals surface area contributed by atoms with Gasteiger partial charge in [0, 0.05) is 19.9 Å². The summed E-state index contributed by atoms with van der Waals surface area (Å²) in [5.41, 5.74) is 2.91. The van der Waals surface area contributed by atoms with Gasteiger partial charge in [-0.2, -0.15) is 0 Å². The van der Waals surface area contributed by atoms with E-state index in [2.05, 4.69) is 42.1 Å². The van der Waals surface area contributed by atoms with E-state index < -0.39 is 0 Å². The zero-order chi connectivity index (χ0) is 18.8. The van der Waals surface area contributed by atoms with Gasteiger partial charge in [0.2, 0.25) is 5.91 Å². The van der Waals surface area contributed by atoms with E-state index in [4.69, 9.17) is 0 Å². The molecule has 2 N–H and O–H groups in total. The number of nitrogens with zero attached hydrogens (tertiary/aromatic N) is 1. The predicted molar refractivity (Wildman–Crippen MR) is 102 cm³/mol. The summed E-state index contributed by atoms with van der Waals surface area (Å²) in [6.45, 7) is 8.94. The molecule has 5 heteroatoms. The zero-order valence-corrected chi connectivity index (χ0v) is 16.0. The van der Waals surface area contributed by atoms with Crippen LogP contribution in [0.25, 0.3) is 11.0 Å². The number of imidazole rings is 1. The summed E-state index contributed by atoms with van der Waals surface area (Å²) in [6, 6.07) is 4.66. The number of allylic oxidation sites excluding steroid dienone is 1. The molecule has 4 nitrogen and oxygen atoms in total. The number of benzene rings is 1. The fraction of sp³-hybridized carbons (Fsp3) is 0.524. The van der Waals surface area contributed by atoms with Crippen LogP contribution in [-0.2, 0) is 11.2 Å². The van der Waals surface area contributed by atoms with Gasteiger partial charge < -0.3 is 10.3 Å². The molecule has 1 aliphatic carbocycles. The number of amides is 1. The maximum absolute atomic E-state index is 13.4. The second kappa shape index (κ2) is 7.60. The number of fused-ring (bicyclic) bond motifs is 1. The quantitative estimate of drug-likeness (QED) is 0.787. The van der Waals surface area contributed by atoms with Gasteiger partial charge in [0.1, 0.15) is 11.6 Å². The van der Waals surface area contributed by atoms with Crippen molar-refractivity contribution in [3.05, 3.63) is 41.5 Å². The van der Waals surface area contributed by atoms with E-state index in [9.17, 15) is 9.18 Å². The van der Waals surface area contributed by atoms with E-state index >= 15 is 0 Å². The lowest BCUT2D eigenvalue weighted by atomic mass is 9.70. The van der Waals surface area contributed by atoms with E-state index in [1.165, 1.54) is 17.7 Å². The van der Waals surface area contributed by atoms with E-state index in [0.29, 0.717) is 30.2 Å². The predicted octanol–water partition coefficient (Wildman–Crippen LogP) is 4.24. The molecule has 0 radical (unpaired) electrons. The molecule has 26 heavy (non-hydrogen) atoms. The van der Waals surface area contributed by atoms with Crippen LogP contribution in [0.2, 0.25) is 0 Å². The Morgan fingerprint density at radius 1 is 1.42 bits per heavy atom. The van der Waals surface area contributed by atoms with Crippen molar-refractivity contribution < 1.29 is 9.18 Å². The maximum atomic E-state index is 13.4. The van der Waals surface area contributed by atoms with Crippen LogP contribution in [0.1, 0.15) is 39.9 Å². The number of halogens is 1. The molecule has 1 aromatic heterocycles. The average molecular weight is 357 g/mol. The van der Waals surface area contributed by atoms with Crippen LogP contribution < -0.4 is 5.32 Å². The molecule has 0 fully saturated rings. The number of aromatic nitrogens is 2. The second-order valence-electron chi connectivity index (χ2n) is 7.90. The number of carbonyl (C=O) groups is 1. The third kappa shape index (κ3) is 4.14. The highest BCUT2D eigenvalue weighted by Crippen LogP contribution is 2.38. The summed E-state index contributed by atoms with van der Waals surface area (Å²) < 4.78 is 13.4. The zero-order valence-electron chi connectivity index (χ0n) is 16.0. The molecule has 3 rings (SSSR count). The Morgan fingerprint density at radius 2 is 2.19 bits per heavy atom. The van der Waals surface area contributed by atoms with Gasteiger partial charge >= 0.3 is 0 Å². The van der Waals surface area contributed by atoms with Gasteiger partial charge in [-0.3, -0.25) is 4.79 Å². The molecule has 0 saturated carbocycles. The fourth-order valence-electron chi connectivity index (χ4n) is 4.13. The lowest BCUT2D eigenvalue weighted by Crippen LogP contribution is -2.36. The summed E-state index contributed by atoms with van der Waals surface area (Å²) in [6.07, 6.45) is 4.24. The standard InChI is InChI=1S/C21H28FN3O/c1-12(2)18-8-15(13(3)7-16(18)11-23-14(4)26)9-21-24-19-6-5-17(22)10-20(19)25-21/h5-7,10,12,15-16,18H,8-9,11H2,1-4H3,(H,23,26)(H,24,25)/t15-,16-,18-/m0/s1. The molecule has 0 saturated heterocycles. The number of rotatable bonds is 5. The van der Waals surface area contributed by atoms with Crippen LogP contribution in [0.5, 0.6) is 0 Å². The van der Waals surface area contributed by atoms with Crippen molar-refractivity contribution in [2.24, 2.45) is 23.7 Å². The van der Waals surface area contributed by atoms with Crippen LogP contribution in [0, 0.1) is 29.5 Å². The number of hydrogen-bond donors (Lipinski definition) is 2. The minimum absolute atomic E-state index is 0.0233. The van der Waals surface area contributed by atoms with Crippen molar-refractivity contribution in [2.45, 2.75) is 40.5 Å². The van der Waals surface area contributed by atoms with Crippen LogP contribution in [-0.4, -0.2) is 22.4 Å². The topological polar surface area (TPSA) is 57.8 Å². The first-order chi connectivity index (χ1) is 12.3. The van der Waals surface area contributed by atoms with Crippen LogP contribution in [0.3, 0.4) is 0 Å². The first kappa shape index (κ1) is 18.6. The first-order valence-corrected chi connectivity index (χ1v) is 9.40. The monoisotopic (exact) mass is 357 g/mol. The summed E-state index contributed by atoms with van der Waals surface area (Å²) in [4.78, 5) is 19.2. The smallest absolute Gasteiger partial charge is 0.216 e. The Balaban J connectivity index is 1.78. The normalized spacial score (nSPS) is 23.3. The highest BCUT2D eigenvalue weighted by Gasteiger charge is 2.32. The van der Waals surface area contributed by atoms with Crippen molar-refractivity contribution in [1.29, 1.82) is 0 Å². The largest absolute Gasteiger partial charge is 0.356 e. The van der Waals surface area contributed by atoms with E-state index in [1.807, 2.05) is 0 Å². The number of H-pyrrole nitrogens is 1. The third-order valence-corrected chi connectivity index (χ3v) is 5.60. The van der Waals surface area contributed by atoms with E-state index in [-0.39, 0.29) is 11.7 Å². The Kier molecular flexibility index (Phi) is 5.44. The molecule has 0 spiro atoms. The molecule has 1 aromatic carbocycles. The Bertz CT molecular complexity index is 824. The molecule has 0 aliphatic heterocycles. The Morgan fingerprint density at radius 3 is 2.88 bits per heavy atom. The lowest BCUT2D eigenvalue weighted by Gasteiger charge is -2.37.